The number of aliphatic hydroxyl groups excluding tert-OH is 1. The van der Waals surface area contributed by atoms with Crippen molar-refractivity contribution in [1.82, 2.24) is 14.5 Å². The molecule has 2 aromatic carbocycles. The minimum Gasteiger partial charge on any atom is -0.443 e. The minimum absolute atomic E-state index is 0.000722. The summed E-state index contributed by atoms with van der Waals surface area (Å²) in [5.74, 6) is 0.0337. The highest BCUT2D eigenvalue weighted by molar-refractivity contribution is 7.89. The van der Waals surface area contributed by atoms with Crippen LogP contribution in [0.2, 0.25) is 0 Å². The molecule has 3 heterocycles. The summed E-state index contributed by atoms with van der Waals surface area (Å²) in [5, 5.41) is 14.5. The molecule has 12 heteroatoms. The van der Waals surface area contributed by atoms with Crippen LogP contribution in [-0.2, 0) is 24.2 Å². The number of carbonyl (C=O) groups is 2. The number of amides is 2. The number of sulfonamides is 1. The number of carbonyl (C=O) groups excluding carboxylic acids is 2. The standard InChI is InChI=1S/C34H47N3O8S/c1-23(2)20-37(46(41,42)27-11-9-24(3)10-12-27)21-30(38)29(35-34(40)45-31-22-44-33-28(31)15-18-43-33)19-25-13-16-36(17-14-25)32(39)26-7-5-4-6-8-26/h4-12,23,25,28-31,33,38H,13-22H2,1-3H3,(H,35,40)/t28?,29-,30+,31-,33+/m0/s1. The van der Waals surface area contributed by atoms with Gasteiger partial charge in [0.25, 0.3) is 5.91 Å². The zero-order valence-corrected chi connectivity index (χ0v) is 27.7. The van der Waals surface area contributed by atoms with Crippen molar-refractivity contribution in [3.63, 3.8) is 0 Å². The van der Waals surface area contributed by atoms with Gasteiger partial charge in [-0.3, -0.25) is 4.79 Å². The average molecular weight is 658 g/mol. The van der Waals surface area contributed by atoms with Gasteiger partial charge in [-0.15, -0.1) is 0 Å². The molecule has 0 spiro atoms. The van der Waals surface area contributed by atoms with Gasteiger partial charge in [-0.25, -0.2) is 13.2 Å². The number of aliphatic hydroxyl groups is 1. The number of aryl methyl sites for hydroxylation is 1. The number of ether oxygens (including phenoxy) is 3. The normalized spacial score (nSPS) is 23.3. The highest BCUT2D eigenvalue weighted by atomic mass is 32.2. The number of fused-ring (bicyclic) bond motifs is 1. The van der Waals surface area contributed by atoms with Gasteiger partial charge in [0.2, 0.25) is 10.0 Å². The van der Waals surface area contributed by atoms with Crippen LogP contribution in [-0.4, -0.2) is 98.7 Å². The summed E-state index contributed by atoms with van der Waals surface area (Å²) >= 11 is 0. The van der Waals surface area contributed by atoms with E-state index < -0.39 is 34.4 Å². The lowest BCUT2D eigenvalue weighted by Gasteiger charge is -2.36. The first-order chi connectivity index (χ1) is 22.0. The van der Waals surface area contributed by atoms with E-state index in [4.69, 9.17) is 14.2 Å². The van der Waals surface area contributed by atoms with Crippen LogP contribution in [0.15, 0.2) is 59.5 Å². The molecular formula is C34H47N3O8S. The van der Waals surface area contributed by atoms with Crippen LogP contribution in [0.5, 0.6) is 0 Å². The Morgan fingerprint density at radius 3 is 2.39 bits per heavy atom. The second kappa shape index (κ2) is 15.2. The van der Waals surface area contributed by atoms with Crippen LogP contribution in [0.25, 0.3) is 0 Å². The van der Waals surface area contributed by atoms with E-state index in [1.165, 1.54) is 4.31 Å². The number of benzene rings is 2. The molecule has 46 heavy (non-hydrogen) atoms. The molecule has 0 radical (unpaired) electrons. The van der Waals surface area contributed by atoms with Crippen LogP contribution in [0.3, 0.4) is 0 Å². The summed E-state index contributed by atoms with van der Waals surface area (Å²) in [7, 11) is -3.92. The smallest absolute Gasteiger partial charge is 0.407 e. The van der Waals surface area contributed by atoms with E-state index in [0.717, 1.165) is 12.0 Å². The summed E-state index contributed by atoms with van der Waals surface area (Å²) < 4.78 is 45.7. The number of hydrogen-bond acceptors (Lipinski definition) is 8. The average Bonchev–Trinajstić information content (AvgIpc) is 3.66. The monoisotopic (exact) mass is 657 g/mol. The summed E-state index contributed by atoms with van der Waals surface area (Å²) in [6.45, 7) is 7.62. The summed E-state index contributed by atoms with van der Waals surface area (Å²) in [6, 6.07) is 15.0. The maximum absolute atomic E-state index is 13.7. The predicted molar refractivity (Wildman–Crippen MR) is 171 cm³/mol. The van der Waals surface area contributed by atoms with E-state index in [1.807, 2.05) is 43.9 Å². The molecule has 0 aromatic heterocycles. The molecule has 252 valence electrons. The molecular weight excluding hydrogens is 610 g/mol. The number of piperidine rings is 1. The fourth-order valence-electron chi connectivity index (χ4n) is 6.55. The molecule has 2 amide bonds. The second-order valence-electron chi connectivity index (χ2n) is 13.2. The SMILES string of the molecule is Cc1ccc(S(=O)(=O)N(CC(C)C)C[C@@H](O)[C@H](CC2CCN(C(=O)c3ccccc3)CC2)NC(=O)O[C@H]2CO[C@H]3OCCC32)cc1. The van der Waals surface area contributed by atoms with Crippen LogP contribution in [0.4, 0.5) is 4.79 Å². The Hall–Kier alpha value is -3.03. The van der Waals surface area contributed by atoms with E-state index in [1.54, 1.807) is 36.4 Å². The molecule has 3 aliphatic rings. The van der Waals surface area contributed by atoms with Crippen molar-refractivity contribution in [2.24, 2.45) is 17.8 Å². The number of likely N-dealkylation sites (tertiary alicyclic amines) is 1. The van der Waals surface area contributed by atoms with Crippen molar-refractivity contribution >= 4 is 22.0 Å². The van der Waals surface area contributed by atoms with Crippen molar-refractivity contribution in [1.29, 1.82) is 0 Å². The number of nitrogens with one attached hydrogen (secondary N) is 1. The zero-order valence-electron chi connectivity index (χ0n) is 26.9. The van der Waals surface area contributed by atoms with Crippen LogP contribution < -0.4 is 5.32 Å². The van der Waals surface area contributed by atoms with Gasteiger partial charge in [0.05, 0.1) is 36.2 Å². The van der Waals surface area contributed by atoms with Gasteiger partial charge in [0.15, 0.2) is 6.29 Å². The molecule has 11 nitrogen and oxygen atoms in total. The van der Waals surface area contributed by atoms with Gasteiger partial charge in [0.1, 0.15) is 6.10 Å². The third kappa shape index (κ3) is 8.46. The minimum atomic E-state index is -3.92. The van der Waals surface area contributed by atoms with Crippen molar-refractivity contribution in [3.8, 4) is 0 Å². The predicted octanol–water partition coefficient (Wildman–Crippen LogP) is 3.80. The van der Waals surface area contributed by atoms with Crippen molar-refractivity contribution in [2.45, 2.75) is 75.9 Å². The Balaban J connectivity index is 1.28. The van der Waals surface area contributed by atoms with E-state index >= 15 is 0 Å². The summed E-state index contributed by atoms with van der Waals surface area (Å²) in [6.07, 6.45) is -0.218. The first-order valence-corrected chi connectivity index (χ1v) is 17.7. The molecule has 2 aromatic rings. The molecule has 0 saturated carbocycles. The molecule has 0 aliphatic carbocycles. The van der Waals surface area contributed by atoms with E-state index in [9.17, 15) is 23.1 Å². The molecule has 0 bridgehead atoms. The third-order valence-corrected chi connectivity index (χ3v) is 11.0. The van der Waals surface area contributed by atoms with E-state index in [0.29, 0.717) is 44.5 Å². The summed E-state index contributed by atoms with van der Waals surface area (Å²) in [5.41, 5.74) is 1.58. The lowest BCUT2D eigenvalue weighted by molar-refractivity contribution is -0.0907. The largest absolute Gasteiger partial charge is 0.443 e. The fourth-order valence-corrected chi connectivity index (χ4v) is 8.17. The highest BCUT2D eigenvalue weighted by Gasteiger charge is 2.44. The Kier molecular flexibility index (Phi) is 11.4. The molecule has 5 rings (SSSR count). The molecule has 3 aliphatic heterocycles. The van der Waals surface area contributed by atoms with Gasteiger partial charge < -0.3 is 29.5 Å². The lowest BCUT2D eigenvalue weighted by Crippen LogP contribution is -2.52. The molecule has 5 atom stereocenters. The van der Waals surface area contributed by atoms with Gasteiger partial charge in [0, 0.05) is 31.7 Å². The van der Waals surface area contributed by atoms with Gasteiger partial charge >= 0.3 is 6.09 Å². The first-order valence-electron chi connectivity index (χ1n) is 16.3. The van der Waals surface area contributed by atoms with Gasteiger partial charge in [-0.1, -0.05) is 49.7 Å². The van der Waals surface area contributed by atoms with E-state index in [2.05, 4.69) is 5.32 Å². The summed E-state index contributed by atoms with van der Waals surface area (Å²) in [4.78, 5) is 28.2. The Morgan fingerprint density at radius 2 is 1.72 bits per heavy atom. The zero-order chi connectivity index (χ0) is 32.8. The number of nitrogens with zero attached hydrogens (tertiary/aromatic N) is 2. The number of rotatable bonds is 12. The van der Waals surface area contributed by atoms with Crippen LogP contribution in [0.1, 0.15) is 55.5 Å². The molecule has 3 saturated heterocycles. The Bertz CT molecular complexity index is 1410. The van der Waals surface area contributed by atoms with Gasteiger partial charge in [-0.05, 0) is 68.7 Å². The quantitative estimate of drug-likeness (QED) is 0.352. The second-order valence-corrected chi connectivity index (χ2v) is 15.1. The van der Waals surface area contributed by atoms with E-state index in [-0.39, 0.29) is 54.5 Å². The molecule has 3 fully saturated rings. The topological polar surface area (TPSA) is 135 Å². The number of alkyl carbamates (subject to hydrolysis) is 1. The van der Waals surface area contributed by atoms with Crippen molar-refractivity contribution in [2.75, 3.05) is 39.4 Å². The van der Waals surface area contributed by atoms with Gasteiger partial charge in [-0.2, -0.15) is 4.31 Å². The maximum atomic E-state index is 13.7. The molecule has 1 unspecified atom stereocenters. The first kappa shape index (κ1) is 34.3. The fraction of sp³-hybridized carbons (Fsp3) is 0.588. The lowest BCUT2D eigenvalue weighted by atomic mass is 9.88. The van der Waals surface area contributed by atoms with Crippen molar-refractivity contribution < 1.29 is 37.3 Å². The Morgan fingerprint density at radius 1 is 1.02 bits per heavy atom. The van der Waals surface area contributed by atoms with Crippen LogP contribution >= 0.6 is 0 Å². The highest BCUT2D eigenvalue weighted by Crippen LogP contribution is 2.33. The molecule has 2 N–H and O–H groups in total. The third-order valence-electron chi connectivity index (χ3n) is 9.14. The maximum Gasteiger partial charge on any atom is 0.407 e. The Labute approximate surface area is 272 Å². The van der Waals surface area contributed by atoms with Crippen molar-refractivity contribution in [3.05, 3.63) is 65.7 Å². The van der Waals surface area contributed by atoms with Crippen LogP contribution in [0, 0.1) is 24.7 Å². The number of hydrogen-bond donors (Lipinski definition) is 2.